The highest BCUT2D eigenvalue weighted by atomic mass is 14.2. The van der Waals surface area contributed by atoms with Gasteiger partial charge in [0.05, 0.1) is 7.85 Å². The molecule has 1 heteroatoms. The number of hydrogen-bond donors (Lipinski definition) is 0. The molecule has 0 saturated carbocycles. The van der Waals surface area contributed by atoms with Crippen molar-refractivity contribution in [3.8, 4) is 0 Å². The third-order valence-electron chi connectivity index (χ3n) is 2.78. The van der Waals surface area contributed by atoms with Crippen LogP contribution >= 0.6 is 0 Å². The Labute approximate surface area is 75.4 Å². The molecule has 0 amide bonds. The van der Waals surface area contributed by atoms with Crippen LogP contribution in [0.3, 0.4) is 0 Å². The Morgan fingerprint density at radius 1 is 1.33 bits per heavy atom. The normalized spacial score (nSPS) is 21.8. The minimum atomic E-state index is 0.620. The second kappa shape index (κ2) is 3.34. The molecule has 2 rings (SSSR count). The molecule has 1 aliphatic rings. The quantitative estimate of drug-likeness (QED) is 0.548. The van der Waals surface area contributed by atoms with Crippen LogP contribution in [0.4, 0.5) is 0 Å². The molecule has 1 aromatic rings. The first-order valence-electron chi connectivity index (χ1n) is 4.69. The maximum Gasteiger partial charge on any atom is 0.0661 e. The van der Waals surface area contributed by atoms with Crippen molar-refractivity contribution in [1.82, 2.24) is 0 Å². The van der Waals surface area contributed by atoms with Gasteiger partial charge in [-0.25, -0.2) is 0 Å². The average Bonchev–Trinajstić information content (AvgIpc) is 2.17. The average molecular weight is 156 g/mol. The lowest BCUT2D eigenvalue weighted by Gasteiger charge is -2.24. The van der Waals surface area contributed by atoms with Crippen LogP contribution in [-0.4, -0.2) is 7.85 Å². The van der Waals surface area contributed by atoms with Gasteiger partial charge in [0.15, 0.2) is 0 Å². The fourth-order valence-electron chi connectivity index (χ4n) is 2.10. The third-order valence-corrected chi connectivity index (χ3v) is 2.78. The van der Waals surface area contributed by atoms with E-state index in [0.29, 0.717) is 5.92 Å². The zero-order valence-corrected chi connectivity index (χ0v) is 7.29. The van der Waals surface area contributed by atoms with Crippen LogP contribution < -0.4 is 0 Å². The molecule has 1 unspecified atom stereocenters. The van der Waals surface area contributed by atoms with Crippen LogP contribution in [0.25, 0.3) is 0 Å². The molecule has 0 spiro atoms. The van der Waals surface area contributed by atoms with Gasteiger partial charge in [-0.15, -0.1) is 0 Å². The van der Waals surface area contributed by atoms with Crippen molar-refractivity contribution in [2.75, 3.05) is 0 Å². The molecule has 0 N–H and O–H groups in total. The van der Waals surface area contributed by atoms with Gasteiger partial charge in [0, 0.05) is 0 Å². The van der Waals surface area contributed by atoms with Crippen molar-refractivity contribution in [2.24, 2.45) is 0 Å². The Bertz CT molecular complexity index is 267. The first-order chi connectivity index (χ1) is 5.92. The number of rotatable bonds is 1. The molecule has 1 aromatic carbocycles. The Morgan fingerprint density at radius 2 is 2.17 bits per heavy atom. The van der Waals surface area contributed by atoms with Gasteiger partial charge < -0.3 is 0 Å². The lowest BCUT2D eigenvalue weighted by atomic mass is 9.76. The van der Waals surface area contributed by atoms with Gasteiger partial charge in [0.2, 0.25) is 0 Å². The van der Waals surface area contributed by atoms with Gasteiger partial charge in [0.1, 0.15) is 0 Å². The van der Waals surface area contributed by atoms with Crippen molar-refractivity contribution < 1.29 is 0 Å². The molecule has 0 saturated heterocycles. The third kappa shape index (κ3) is 1.28. The Balaban J connectivity index is 2.37. The van der Waals surface area contributed by atoms with E-state index < -0.39 is 0 Å². The number of fused-ring (bicyclic) bond motifs is 1. The molecule has 0 bridgehead atoms. The second-order valence-corrected chi connectivity index (χ2v) is 3.52. The van der Waals surface area contributed by atoms with Crippen molar-refractivity contribution in [1.29, 1.82) is 0 Å². The lowest BCUT2D eigenvalue weighted by Crippen LogP contribution is -2.08. The first-order valence-corrected chi connectivity index (χ1v) is 4.69. The molecule has 60 valence electrons. The fourth-order valence-corrected chi connectivity index (χ4v) is 2.10. The molecule has 0 aromatic heterocycles. The lowest BCUT2D eigenvalue weighted by molar-refractivity contribution is 0.590. The fraction of sp³-hybridized carbons (Fsp3) is 0.455. The Hall–Kier alpha value is -0.715. The molecule has 2 radical (unpaired) electrons. The largest absolute Gasteiger partial charge is 0.0819 e. The SMILES string of the molecule is [B]CC1CCCc2ccccc21. The topological polar surface area (TPSA) is 0 Å². The zero-order valence-electron chi connectivity index (χ0n) is 7.29. The van der Waals surface area contributed by atoms with Crippen LogP contribution in [0.2, 0.25) is 6.32 Å². The summed E-state index contributed by atoms with van der Waals surface area (Å²) in [6, 6.07) is 8.70. The van der Waals surface area contributed by atoms with E-state index >= 15 is 0 Å². The predicted molar refractivity (Wildman–Crippen MR) is 52.7 cm³/mol. The summed E-state index contributed by atoms with van der Waals surface area (Å²) in [5.41, 5.74) is 3.01. The van der Waals surface area contributed by atoms with Gasteiger partial charge in [0.25, 0.3) is 0 Å². The first kappa shape index (κ1) is 7.91. The van der Waals surface area contributed by atoms with E-state index in [1.807, 2.05) is 0 Å². The smallest absolute Gasteiger partial charge is 0.0661 e. The minimum Gasteiger partial charge on any atom is -0.0819 e. The van der Waals surface area contributed by atoms with Gasteiger partial charge in [-0.1, -0.05) is 30.6 Å². The summed E-state index contributed by atoms with van der Waals surface area (Å²) >= 11 is 0. The van der Waals surface area contributed by atoms with Crippen molar-refractivity contribution in [3.63, 3.8) is 0 Å². The van der Waals surface area contributed by atoms with Crippen LogP contribution in [0.15, 0.2) is 24.3 Å². The highest BCUT2D eigenvalue weighted by molar-refractivity contribution is 6.09. The highest BCUT2D eigenvalue weighted by Crippen LogP contribution is 2.32. The summed E-state index contributed by atoms with van der Waals surface area (Å²) in [6.45, 7) is 0. The molecule has 1 atom stereocenters. The Kier molecular flexibility index (Phi) is 2.20. The number of hydrogen-bond acceptors (Lipinski definition) is 0. The van der Waals surface area contributed by atoms with Gasteiger partial charge in [-0.2, -0.15) is 0 Å². The van der Waals surface area contributed by atoms with Crippen LogP contribution in [-0.2, 0) is 6.42 Å². The molecular weight excluding hydrogens is 143 g/mol. The van der Waals surface area contributed by atoms with Gasteiger partial charge in [-0.05, 0) is 36.3 Å². The van der Waals surface area contributed by atoms with E-state index in [0.717, 1.165) is 6.32 Å². The van der Waals surface area contributed by atoms with Crippen LogP contribution in [0.5, 0.6) is 0 Å². The summed E-state index contributed by atoms with van der Waals surface area (Å²) < 4.78 is 0. The molecular formula is C11H13B. The van der Waals surface area contributed by atoms with E-state index in [2.05, 4.69) is 24.3 Å². The summed E-state index contributed by atoms with van der Waals surface area (Å²) in [6.07, 6.45) is 4.62. The van der Waals surface area contributed by atoms with Crippen molar-refractivity contribution in [2.45, 2.75) is 31.5 Å². The maximum absolute atomic E-state index is 5.72. The van der Waals surface area contributed by atoms with E-state index in [4.69, 9.17) is 7.85 Å². The van der Waals surface area contributed by atoms with Gasteiger partial charge in [-0.3, -0.25) is 0 Å². The van der Waals surface area contributed by atoms with E-state index in [-0.39, 0.29) is 0 Å². The van der Waals surface area contributed by atoms with Crippen LogP contribution in [0.1, 0.15) is 29.9 Å². The summed E-state index contributed by atoms with van der Waals surface area (Å²) in [4.78, 5) is 0. The van der Waals surface area contributed by atoms with E-state index in [1.165, 1.54) is 30.4 Å². The minimum absolute atomic E-state index is 0.620. The Morgan fingerprint density at radius 3 is 3.00 bits per heavy atom. The summed E-state index contributed by atoms with van der Waals surface area (Å²) in [7, 11) is 5.72. The second-order valence-electron chi connectivity index (χ2n) is 3.52. The number of benzene rings is 1. The van der Waals surface area contributed by atoms with Gasteiger partial charge >= 0.3 is 0 Å². The van der Waals surface area contributed by atoms with E-state index in [1.54, 1.807) is 0 Å². The molecule has 1 aliphatic carbocycles. The van der Waals surface area contributed by atoms with Crippen molar-refractivity contribution >= 4 is 7.85 Å². The highest BCUT2D eigenvalue weighted by Gasteiger charge is 2.16. The van der Waals surface area contributed by atoms with E-state index in [9.17, 15) is 0 Å². The summed E-state index contributed by atoms with van der Waals surface area (Å²) in [5.74, 6) is 0.620. The predicted octanol–water partition coefficient (Wildman–Crippen LogP) is 2.69. The standard InChI is InChI=1S/C11H13B/c12-8-10-6-3-5-9-4-1-2-7-11(9)10/h1-2,4,7,10H,3,5-6,8H2. The van der Waals surface area contributed by atoms with Crippen LogP contribution in [0, 0.1) is 0 Å². The molecule has 12 heavy (non-hydrogen) atoms. The molecule has 0 heterocycles. The maximum atomic E-state index is 5.72. The van der Waals surface area contributed by atoms with Crippen molar-refractivity contribution in [3.05, 3.63) is 35.4 Å². The number of aryl methyl sites for hydroxylation is 1. The zero-order chi connectivity index (χ0) is 8.39. The molecule has 0 fully saturated rings. The monoisotopic (exact) mass is 156 g/mol. The summed E-state index contributed by atoms with van der Waals surface area (Å²) in [5, 5.41) is 0. The molecule has 0 nitrogen and oxygen atoms in total. The molecule has 0 aliphatic heterocycles.